The smallest absolute Gasteiger partial charge is 0.293 e. The number of para-hydroxylation sites is 2. The molecule has 146 valence electrons. The maximum atomic E-state index is 12.8. The zero-order valence-corrected chi connectivity index (χ0v) is 16.9. The van der Waals surface area contributed by atoms with E-state index >= 15 is 0 Å². The number of H-pyrrole nitrogens is 1. The number of hydrogen-bond donors (Lipinski definition) is 1. The van der Waals surface area contributed by atoms with E-state index in [0.29, 0.717) is 17.1 Å². The van der Waals surface area contributed by atoms with Crippen molar-refractivity contribution in [3.8, 4) is 16.3 Å². The molecule has 0 atom stereocenters. The number of aromatic amines is 1. The van der Waals surface area contributed by atoms with E-state index in [9.17, 15) is 4.79 Å². The van der Waals surface area contributed by atoms with Gasteiger partial charge in [0.05, 0.1) is 27.3 Å². The van der Waals surface area contributed by atoms with Gasteiger partial charge in [-0.1, -0.05) is 42.5 Å². The molecule has 0 bridgehead atoms. The highest BCUT2D eigenvalue weighted by molar-refractivity contribution is 7.21. The third-order valence-electron chi connectivity index (χ3n) is 4.71. The van der Waals surface area contributed by atoms with Gasteiger partial charge < -0.3 is 0 Å². The van der Waals surface area contributed by atoms with E-state index < -0.39 is 0 Å². The van der Waals surface area contributed by atoms with E-state index in [-0.39, 0.29) is 5.56 Å². The van der Waals surface area contributed by atoms with Gasteiger partial charge in [-0.2, -0.15) is 5.11 Å². The first kappa shape index (κ1) is 18.2. The van der Waals surface area contributed by atoms with Crippen LogP contribution in [0.4, 0.5) is 11.4 Å². The summed E-state index contributed by atoms with van der Waals surface area (Å²) in [5.41, 5.74) is 4.10. The van der Waals surface area contributed by atoms with Gasteiger partial charge in [-0.25, -0.2) is 9.67 Å². The van der Waals surface area contributed by atoms with Crippen molar-refractivity contribution in [2.75, 3.05) is 0 Å². The summed E-state index contributed by atoms with van der Waals surface area (Å²) in [6.45, 7) is 1.81. The van der Waals surface area contributed by atoms with Crippen molar-refractivity contribution in [1.29, 1.82) is 0 Å². The molecule has 0 aliphatic rings. The quantitative estimate of drug-likeness (QED) is 0.359. The number of nitrogens with zero attached hydrogens (tertiary/aromatic N) is 4. The molecular formula is C23H17N5OS. The molecule has 0 fully saturated rings. The Morgan fingerprint density at radius 3 is 2.57 bits per heavy atom. The lowest BCUT2D eigenvalue weighted by molar-refractivity contribution is 0.835. The van der Waals surface area contributed by atoms with Gasteiger partial charge in [-0.3, -0.25) is 9.89 Å². The van der Waals surface area contributed by atoms with E-state index in [1.54, 1.807) is 11.3 Å². The van der Waals surface area contributed by atoms with Crippen molar-refractivity contribution >= 4 is 32.9 Å². The number of aromatic nitrogens is 3. The zero-order valence-electron chi connectivity index (χ0n) is 16.1. The second kappa shape index (κ2) is 7.53. The van der Waals surface area contributed by atoms with Gasteiger partial charge in [0.15, 0.2) is 5.69 Å². The van der Waals surface area contributed by atoms with E-state index in [1.807, 2.05) is 79.7 Å². The summed E-state index contributed by atoms with van der Waals surface area (Å²) in [5.74, 6) is 0. The van der Waals surface area contributed by atoms with E-state index in [2.05, 4.69) is 21.4 Å². The Morgan fingerprint density at radius 2 is 1.73 bits per heavy atom. The first-order valence-corrected chi connectivity index (χ1v) is 10.3. The van der Waals surface area contributed by atoms with Crippen LogP contribution in [0.3, 0.4) is 0 Å². The summed E-state index contributed by atoms with van der Waals surface area (Å²) >= 11 is 1.64. The van der Waals surface area contributed by atoms with Crippen molar-refractivity contribution in [1.82, 2.24) is 14.8 Å². The number of fused-ring (bicyclic) bond motifs is 1. The van der Waals surface area contributed by atoms with E-state index in [1.165, 1.54) is 4.68 Å². The molecule has 3 aromatic carbocycles. The summed E-state index contributed by atoms with van der Waals surface area (Å²) in [4.78, 5) is 17.5. The Morgan fingerprint density at radius 1 is 0.933 bits per heavy atom. The van der Waals surface area contributed by atoms with Crippen LogP contribution in [0, 0.1) is 6.92 Å². The fourth-order valence-electron chi connectivity index (χ4n) is 3.22. The molecule has 0 spiro atoms. The molecule has 0 amide bonds. The number of thiazole rings is 1. The maximum Gasteiger partial charge on any atom is 0.299 e. The van der Waals surface area contributed by atoms with Crippen molar-refractivity contribution < 1.29 is 0 Å². The highest BCUT2D eigenvalue weighted by atomic mass is 32.1. The van der Waals surface area contributed by atoms with Crippen LogP contribution in [-0.2, 0) is 0 Å². The fraction of sp³-hybridized carbons (Fsp3) is 0.0435. The molecule has 0 saturated carbocycles. The van der Waals surface area contributed by atoms with Crippen LogP contribution in [-0.4, -0.2) is 14.8 Å². The monoisotopic (exact) mass is 411 g/mol. The van der Waals surface area contributed by atoms with Crippen LogP contribution in [0.25, 0.3) is 26.5 Å². The summed E-state index contributed by atoms with van der Waals surface area (Å²) in [6.07, 6.45) is 0. The third-order valence-corrected chi connectivity index (χ3v) is 5.79. The molecule has 5 rings (SSSR count). The maximum absolute atomic E-state index is 12.8. The predicted molar refractivity (Wildman–Crippen MR) is 120 cm³/mol. The molecule has 2 heterocycles. The average molecular weight is 411 g/mol. The second-order valence-electron chi connectivity index (χ2n) is 6.80. The average Bonchev–Trinajstić information content (AvgIpc) is 3.34. The molecule has 30 heavy (non-hydrogen) atoms. The van der Waals surface area contributed by atoms with Gasteiger partial charge in [0.25, 0.3) is 5.56 Å². The summed E-state index contributed by atoms with van der Waals surface area (Å²) < 4.78 is 2.62. The van der Waals surface area contributed by atoms with Crippen molar-refractivity contribution in [2.24, 2.45) is 10.2 Å². The molecule has 7 heteroatoms. The SMILES string of the molecule is Cc1[nH]n(-c2ccccc2)c(=O)c1N=Nc1cccc(-c2nc3ccccc3s2)c1. The minimum atomic E-state index is -0.232. The zero-order chi connectivity index (χ0) is 20.5. The van der Waals surface area contributed by atoms with Crippen LogP contribution in [0.1, 0.15) is 5.69 Å². The summed E-state index contributed by atoms with van der Waals surface area (Å²) in [6, 6.07) is 25.2. The first-order chi connectivity index (χ1) is 14.7. The number of hydrogen-bond acceptors (Lipinski definition) is 5. The van der Waals surface area contributed by atoms with Gasteiger partial charge in [-0.05, 0) is 43.3 Å². The van der Waals surface area contributed by atoms with Crippen LogP contribution < -0.4 is 5.56 Å². The molecule has 0 saturated heterocycles. The summed E-state index contributed by atoms with van der Waals surface area (Å²) in [5, 5.41) is 12.5. The minimum absolute atomic E-state index is 0.232. The Hall–Kier alpha value is -3.84. The minimum Gasteiger partial charge on any atom is -0.293 e. The molecule has 0 unspecified atom stereocenters. The lowest BCUT2D eigenvalue weighted by Gasteiger charge is -1.99. The highest BCUT2D eigenvalue weighted by Crippen LogP contribution is 2.32. The number of benzene rings is 3. The molecule has 2 aromatic heterocycles. The van der Waals surface area contributed by atoms with Crippen LogP contribution in [0.15, 0.2) is 93.9 Å². The molecule has 0 aliphatic heterocycles. The van der Waals surface area contributed by atoms with Crippen molar-refractivity contribution in [2.45, 2.75) is 6.92 Å². The lowest BCUT2D eigenvalue weighted by Crippen LogP contribution is -2.13. The molecule has 6 nitrogen and oxygen atoms in total. The van der Waals surface area contributed by atoms with Crippen LogP contribution >= 0.6 is 11.3 Å². The molecule has 0 radical (unpaired) electrons. The van der Waals surface area contributed by atoms with E-state index in [0.717, 1.165) is 26.5 Å². The lowest BCUT2D eigenvalue weighted by atomic mass is 10.2. The largest absolute Gasteiger partial charge is 0.299 e. The van der Waals surface area contributed by atoms with Gasteiger partial charge in [-0.15, -0.1) is 16.5 Å². The Kier molecular flexibility index (Phi) is 4.57. The number of rotatable bonds is 4. The normalized spacial score (nSPS) is 11.5. The molecule has 5 aromatic rings. The Balaban J connectivity index is 1.47. The first-order valence-electron chi connectivity index (χ1n) is 9.44. The molecule has 1 N–H and O–H groups in total. The molecular weight excluding hydrogens is 394 g/mol. The number of aryl methyl sites for hydroxylation is 1. The highest BCUT2D eigenvalue weighted by Gasteiger charge is 2.12. The van der Waals surface area contributed by atoms with Crippen molar-refractivity contribution in [3.05, 3.63) is 94.9 Å². The van der Waals surface area contributed by atoms with Crippen molar-refractivity contribution in [3.63, 3.8) is 0 Å². The van der Waals surface area contributed by atoms with E-state index in [4.69, 9.17) is 4.98 Å². The third kappa shape index (κ3) is 3.35. The topological polar surface area (TPSA) is 75.4 Å². The second-order valence-corrected chi connectivity index (χ2v) is 7.83. The number of azo groups is 1. The molecule has 0 aliphatic carbocycles. The number of nitrogens with one attached hydrogen (secondary N) is 1. The van der Waals surface area contributed by atoms with Gasteiger partial charge in [0, 0.05) is 5.56 Å². The fourth-order valence-corrected chi connectivity index (χ4v) is 4.18. The van der Waals surface area contributed by atoms with Crippen LogP contribution in [0.2, 0.25) is 0 Å². The van der Waals surface area contributed by atoms with Gasteiger partial charge in [0.1, 0.15) is 5.01 Å². The Labute approximate surface area is 176 Å². The summed E-state index contributed by atoms with van der Waals surface area (Å²) in [7, 11) is 0. The predicted octanol–water partition coefficient (Wildman–Crippen LogP) is 6.17. The standard InChI is InChI=1S/C23H17N5OS/c1-15-21(23(29)28(27-15)18-10-3-2-4-11-18)26-25-17-9-7-8-16(14-17)22-24-19-12-5-6-13-20(19)30-22/h2-14,27H,1H3. The Bertz CT molecular complexity index is 1400. The van der Waals surface area contributed by atoms with Gasteiger partial charge >= 0.3 is 0 Å². The van der Waals surface area contributed by atoms with Gasteiger partial charge in [0.2, 0.25) is 0 Å². The van der Waals surface area contributed by atoms with Crippen LogP contribution in [0.5, 0.6) is 0 Å².